The van der Waals surface area contributed by atoms with Crippen molar-refractivity contribution in [3.63, 3.8) is 0 Å². The Bertz CT molecular complexity index is 685. The van der Waals surface area contributed by atoms with Gasteiger partial charge in [-0.15, -0.1) is 0 Å². The molecule has 2 aromatic rings. The average Bonchev–Trinajstić information content (AvgIpc) is 2.69. The van der Waals surface area contributed by atoms with Gasteiger partial charge in [-0.25, -0.2) is 0 Å². The molecule has 5 nitrogen and oxygen atoms in total. The third kappa shape index (κ3) is 5.86. The maximum atomic E-state index is 12.3. The van der Waals surface area contributed by atoms with Crippen LogP contribution in [0.5, 0.6) is 5.75 Å². The van der Waals surface area contributed by atoms with Gasteiger partial charge >= 0.3 is 0 Å². The van der Waals surface area contributed by atoms with E-state index in [1.165, 1.54) is 0 Å². The Morgan fingerprint density at radius 2 is 1.96 bits per heavy atom. The molecule has 0 aliphatic carbocycles. The number of nitrogens with one attached hydrogen (secondary N) is 2. The first-order chi connectivity index (χ1) is 12.8. The number of benzene rings is 2. The first-order valence-corrected chi connectivity index (χ1v) is 9.20. The van der Waals surface area contributed by atoms with Gasteiger partial charge in [0.2, 0.25) is 5.91 Å². The van der Waals surface area contributed by atoms with Crippen molar-refractivity contribution in [3.8, 4) is 5.75 Å². The zero-order valence-corrected chi connectivity index (χ0v) is 14.9. The molecule has 1 unspecified atom stereocenters. The van der Waals surface area contributed by atoms with Gasteiger partial charge in [-0.1, -0.05) is 36.8 Å². The number of rotatable bonds is 8. The van der Waals surface area contributed by atoms with E-state index in [0.29, 0.717) is 19.8 Å². The van der Waals surface area contributed by atoms with Crippen LogP contribution in [0, 0.1) is 0 Å². The summed E-state index contributed by atoms with van der Waals surface area (Å²) in [5.41, 5.74) is 1.84. The molecule has 26 heavy (non-hydrogen) atoms. The predicted molar refractivity (Wildman–Crippen MR) is 102 cm³/mol. The van der Waals surface area contributed by atoms with Crippen molar-refractivity contribution >= 4 is 11.6 Å². The van der Waals surface area contributed by atoms with Crippen LogP contribution < -0.4 is 15.4 Å². The third-order valence-corrected chi connectivity index (χ3v) is 4.33. The first-order valence-electron chi connectivity index (χ1n) is 9.20. The molecule has 1 fully saturated rings. The molecule has 2 aromatic carbocycles. The molecular weight excluding hydrogens is 328 g/mol. The highest BCUT2D eigenvalue weighted by Gasteiger charge is 2.20. The Hall–Kier alpha value is -2.37. The van der Waals surface area contributed by atoms with Crippen molar-refractivity contribution in [1.82, 2.24) is 5.32 Å². The number of hydrogen-bond acceptors (Lipinski definition) is 4. The van der Waals surface area contributed by atoms with Crippen molar-refractivity contribution in [2.45, 2.75) is 31.9 Å². The average molecular weight is 354 g/mol. The molecule has 0 radical (unpaired) electrons. The van der Waals surface area contributed by atoms with Crippen molar-refractivity contribution in [2.24, 2.45) is 0 Å². The zero-order chi connectivity index (χ0) is 18.0. The van der Waals surface area contributed by atoms with Crippen molar-refractivity contribution in [3.05, 3.63) is 60.2 Å². The lowest BCUT2D eigenvalue weighted by Gasteiger charge is -2.22. The van der Waals surface area contributed by atoms with Gasteiger partial charge in [-0.2, -0.15) is 0 Å². The summed E-state index contributed by atoms with van der Waals surface area (Å²) in [5, 5.41) is 6.26. The molecule has 1 heterocycles. The third-order valence-electron chi connectivity index (χ3n) is 4.33. The summed E-state index contributed by atoms with van der Waals surface area (Å²) in [6.45, 7) is 2.42. The maximum Gasteiger partial charge on any atom is 0.241 e. The molecule has 1 aliphatic rings. The number of ether oxygens (including phenoxy) is 2. The van der Waals surface area contributed by atoms with Crippen molar-refractivity contribution in [1.29, 1.82) is 0 Å². The Morgan fingerprint density at radius 3 is 2.77 bits per heavy atom. The molecule has 1 aliphatic heterocycles. The van der Waals surface area contributed by atoms with Gasteiger partial charge in [0.05, 0.1) is 19.3 Å². The maximum absolute atomic E-state index is 12.3. The lowest BCUT2D eigenvalue weighted by atomic mass is 10.0. The monoisotopic (exact) mass is 354 g/mol. The number of hydrogen-bond donors (Lipinski definition) is 2. The molecule has 2 N–H and O–H groups in total. The molecule has 138 valence electrons. The number of amides is 1. The van der Waals surface area contributed by atoms with Crippen LogP contribution >= 0.6 is 0 Å². The topological polar surface area (TPSA) is 59.6 Å². The first kappa shape index (κ1) is 18.4. The predicted octanol–water partition coefficient (Wildman–Crippen LogP) is 3.36. The minimum Gasteiger partial charge on any atom is -0.491 e. The van der Waals surface area contributed by atoms with E-state index >= 15 is 0 Å². The molecule has 5 heteroatoms. The van der Waals surface area contributed by atoms with Crippen LogP contribution in [-0.2, 0) is 16.1 Å². The summed E-state index contributed by atoms with van der Waals surface area (Å²) < 4.78 is 11.3. The van der Waals surface area contributed by atoms with Crippen LogP contribution in [0.3, 0.4) is 0 Å². The molecule has 1 saturated heterocycles. The smallest absolute Gasteiger partial charge is 0.241 e. The highest BCUT2D eigenvalue weighted by atomic mass is 16.5. The fraction of sp³-hybridized carbons (Fsp3) is 0.381. The van der Waals surface area contributed by atoms with Crippen LogP contribution in [0.4, 0.5) is 5.69 Å². The van der Waals surface area contributed by atoms with E-state index in [0.717, 1.165) is 42.8 Å². The SMILES string of the molecule is O=C(Nc1cccc(COCCOc2ccccc2)c1)C1CCCCN1. The second kappa shape index (κ2) is 9.94. The van der Waals surface area contributed by atoms with E-state index in [4.69, 9.17) is 9.47 Å². The second-order valence-corrected chi connectivity index (χ2v) is 6.41. The largest absolute Gasteiger partial charge is 0.491 e. The number of para-hydroxylation sites is 1. The van der Waals surface area contributed by atoms with Crippen LogP contribution in [0.2, 0.25) is 0 Å². The molecule has 0 spiro atoms. The molecule has 3 rings (SSSR count). The van der Waals surface area contributed by atoms with E-state index in [2.05, 4.69) is 10.6 Å². The minimum absolute atomic E-state index is 0.0408. The number of piperidine rings is 1. The Balaban J connectivity index is 1.40. The highest BCUT2D eigenvalue weighted by molar-refractivity contribution is 5.94. The summed E-state index contributed by atoms with van der Waals surface area (Å²) in [7, 11) is 0. The minimum atomic E-state index is -0.0845. The summed E-state index contributed by atoms with van der Waals surface area (Å²) in [6, 6.07) is 17.4. The molecule has 1 atom stereocenters. The number of anilines is 1. The van der Waals surface area contributed by atoms with E-state index in [1.54, 1.807) is 0 Å². The summed E-state index contributed by atoms with van der Waals surface area (Å²) in [4.78, 5) is 12.3. The van der Waals surface area contributed by atoms with Gasteiger partial charge in [0.1, 0.15) is 12.4 Å². The van der Waals surface area contributed by atoms with E-state index in [-0.39, 0.29) is 11.9 Å². The van der Waals surface area contributed by atoms with E-state index in [1.807, 2.05) is 54.6 Å². The lowest BCUT2D eigenvalue weighted by molar-refractivity contribution is -0.118. The zero-order valence-electron chi connectivity index (χ0n) is 14.9. The van der Waals surface area contributed by atoms with Crippen LogP contribution in [0.1, 0.15) is 24.8 Å². The summed E-state index contributed by atoms with van der Waals surface area (Å²) >= 11 is 0. The van der Waals surface area contributed by atoms with Crippen LogP contribution in [0.15, 0.2) is 54.6 Å². The normalized spacial score (nSPS) is 16.8. The van der Waals surface area contributed by atoms with E-state index < -0.39 is 0 Å². The molecule has 0 aromatic heterocycles. The van der Waals surface area contributed by atoms with Gasteiger partial charge in [0, 0.05) is 5.69 Å². The standard InChI is InChI=1S/C21H26N2O3/c24-21(20-11-4-5-12-22-20)23-18-8-6-7-17(15-18)16-25-13-14-26-19-9-2-1-3-10-19/h1-3,6-10,15,20,22H,4-5,11-14,16H2,(H,23,24). The quantitative estimate of drug-likeness (QED) is 0.714. The molecular formula is C21H26N2O3. The van der Waals surface area contributed by atoms with Crippen molar-refractivity contribution in [2.75, 3.05) is 25.1 Å². The van der Waals surface area contributed by atoms with Gasteiger partial charge in [-0.05, 0) is 49.2 Å². The van der Waals surface area contributed by atoms with Crippen LogP contribution in [0.25, 0.3) is 0 Å². The van der Waals surface area contributed by atoms with Gasteiger partial charge < -0.3 is 20.1 Å². The number of carbonyl (C=O) groups excluding carboxylic acids is 1. The lowest BCUT2D eigenvalue weighted by Crippen LogP contribution is -2.43. The Kier molecular flexibility index (Phi) is 7.05. The van der Waals surface area contributed by atoms with Crippen molar-refractivity contribution < 1.29 is 14.3 Å². The fourth-order valence-corrected chi connectivity index (χ4v) is 2.97. The molecule has 0 saturated carbocycles. The second-order valence-electron chi connectivity index (χ2n) is 6.41. The van der Waals surface area contributed by atoms with Crippen LogP contribution in [-0.4, -0.2) is 31.7 Å². The highest BCUT2D eigenvalue weighted by Crippen LogP contribution is 2.14. The van der Waals surface area contributed by atoms with E-state index in [9.17, 15) is 4.79 Å². The summed E-state index contributed by atoms with van der Waals surface area (Å²) in [6.07, 6.45) is 3.14. The Morgan fingerprint density at radius 1 is 1.08 bits per heavy atom. The van der Waals surface area contributed by atoms with Gasteiger partial charge in [0.15, 0.2) is 0 Å². The number of carbonyl (C=O) groups is 1. The molecule has 1 amide bonds. The molecule has 0 bridgehead atoms. The summed E-state index contributed by atoms with van der Waals surface area (Å²) in [5.74, 6) is 0.885. The van der Waals surface area contributed by atoms with Gasteiger partial charge in [0.25, 0.3) is 0 Å². The fourth-order valence-electron chi connectivity index (χ4n) is 2.97. The Labute approximate surface area is 154 Å². The van der Waals surface area contributed by atoms with Gasteiger partial charge in [-0.3, -0.25) is 4.79 Å².